The minimum atomic E-state index is 0.680. The first-order valence-electron chi connectivity index (χ1n) is 9.36. The van der Waals surface area contributed by atoms with Crippen molar-refractivity contribution in [2.75, 3.05) is 13.1 Å². The zero-order chi connectivity index (χ0) is 17.9. The molecule has 4 rings (SSSR count). The molecule has 2 aromatic carbocycles. The number of aryl methyl sites for hydroxylation is 2. The van der Waals surface area contributed by atoms with E-state index in [-0.39, 0.29) is 0 Å². The number of H-pyrrole nitrogens is 2. The van der Waals surface area contributed by atoms with Crippen molar-refractivity contribution < 1.29 is 0 Å². The van der Waals surface area contributed by atoms with E-state index in [1.54, 1.807) is 0 Å². The smallest absolute Gasteiger partial charge is 0.0456 e. The third-order valence-electron chi connectivity index (χ3n) is 5.19. The van der Waals surface area contributed by atoms with Gasteiger partial charge in [0.25, 0.3) is 0 Å². The van der Waals surface area contributed by atoms with Crippen molar-refractivity contribution in [3.05, 3.63) is 71.0 Å². The van der Waals surface area contributed by atoms with E-state index in [2.05, 4.69) is 58.8 Å². The molecule has 0 aliphatic heterocycles. The molecule has 0 spiro atoms. The number of hydrogen-bond donors (Lipinski definition) is 4. The fourth-order valence-corrected chi connectivity index (χ4v) is 3.78. The van der Waals surface area contributed by atoms with Gasteiger partial charge in [-0.05, 0) is 85.3 Å². The Morgan fingerprint density at radius 3 is 1.50 bits per heavy atom. The Balaban J connectivity index is 1.54. The molecule has 0 aliphatic carbocycles. The van der Waals surface area contributed by atoms with Crippen LogP contribution in [0, 0.1) is 0 Å². The molecule has 134 valence electrons. The maximum Gasteiger partial charge on any atom is 0.0456 e. The average molecular weight is 346 g/mol. The molecule has 2 aromatic heterocycles. The summed E-state index contributed by atoms with van der Waals surface area (Å²) in [5, 5.41) is 2.61. The molecule has 4 heteroatoms. The maximum atomic E-state index is 5.73. The number of nitrogens with one attached hydrogen (secondary N) is 2. The Morgan fingerprint density at radius 2 is 1.08 bits per heavy atom. The summed E-state index contributed by atoms with van der Waals surface area (Å²) in [5.74, 6) is 0. The maximum absolute atomic E-state index is 5.73. The van der Waals surface area contributed by atoms with Gasteiger partial charge >= 0.3 is 0 Å². The van der Waals surface area contributed by atoms with Crippen molar-refractivity contribution >= 4 is 21.8 Å². The molecule has 0 atom stereocenters. The van der Waals surface area contributed by atoms with Crippen LogP contribution >= 0.6 is 0 Å². The van der Waals surface area contributed by atoms with Gasteiger partial charge in [0.15, 0.2) is 0 Å². The van der Waals surface area contributed by atoms with Crippen molar-refractivity contribution in [2.24, 2.45) is 11.5 Å². The number of aromatic nitrogens is 2. The van der Waals surface area contributed by atoms with Crippen molar-refractivity contribution in [1.82, 2.24) is 9.97 Å². The highest BCUT2D eigenvalue weighted by atomic mass is 14.7. The van der Waals surface area contributed by atoms with Crippen LogP contribution in [0.5, 0.6) is 0 Å². The first kappa shape index (κ1) is 16.9. The number of fused-ring (bicyclic) bond motifs is 2. The predicted octanol–water partition coefficient (Wildman–Crippen LogP) is 3.44. The summed E-state index contributed by atoms with van der Waals surface area (Å²) in [7, 11) is 0. The second kappa shape index (κ2) is 7.36. The fraction of sp³-hybridized carbons (Fsp3) is 0.273. The SMILES string of the molecule is NCCc1c[nH]c2ccc(CCc3ccc4[nH]cc(CCN)c4c3)cc12. The summed E-state index contributed by atoms with van der Waals surface area (Å²) in [4.78, 5) is 6.68. The van der Waals surface area contributed by atoms with Gasteiger partial charge in [0, 0.05) is 34.2 Å². The first-order valence-corrected chi connectivity index (χ1v) is 9.36. The summed E-state index contributed by atoms with van der Waals surface area (Å²) in [6, 6.07) is 13.4. The first-order chi connectivity index (χ1) is 12.8. The van der Waals surface area contributed by atoms with E-state index in [1.807, 2.05) is 0 Å². The summed E-state index contributed by atoms with van der Waals surface area (Å²) in [5.41, 5.74) is 19.2. The molecule has 0 radical (unpaired) electrons. The van der Waals surface area contributed by atoms with Crippen LogP contribution in [0.2, 0.25) is 0 Å². The number of nitrogens with two attached hydrogens (primary N) is 2. The van der Waals surface area contributed by atoms with E-state index >= 15 is 0 Å². The van der Waals surface area contributed by atoms with Gasteiger partial charge in [0.2, 0.25) is 0 Å². The Labute approximate surface area is 153 Å². The van der Waals surface area contributed by atoms with Crippen LogP contribution in [0.1, 0.15) is 22.3 Å². The van der Waals surface area contributed by atoms with Gasteiger partial charge in [-0.15, -0.1) is 0 Å². The second-order valence-corrected chi connectivity index (χ2v) is 6.97. The highest BCUT2D eigenvalue weighted by Crippen LogP contribution is 2.23. The van der Waals surface area contributed by atoms with Crippen LogP contribution in [0.25, 0.3) is 21.8 Å². The van der Waals surface area contributed by atoms with E-state index in [1.165, 1.54) is 44.1 Å². The second-order valence-electron chi connectivity index (χ2n) is 6.97. The van der Waals surface area contributed by atoms with Gasteiger partial charge in [-0.1, -0.05) is 12.1 Å². The van der Waals surface area contributed by atoms with Crippen LogP contribution in [-0.4, -0.2) is 23.1 Å². The fourth-order valence-electron chi connectivity index (χ4n) is 3.78. The van der Waals surface area contributed by atoms with Crippen LogP contribution in [0.4, 0.5) is 0 Å². The van der Waals surface area contributed by atoms with E-state index in [0.29, 0.717) is 13.1 Å². The molecule has 0 aliphatic rings. The van der Waals surface area contributed by atoms with Gasteiger partial charge in [0.05, 0.1) is 0 Å². The molecular formula is C22H26N4. The molecule has 0 saturated heterocycles. The molecule has 6 N–H and O–H groups in total. The Bertz CT molecular complexity index is 941. The van der Waals surface area contributed by atoms with E-state index in [0.717, 1.165) is 25.7 Å². The molecule has 0 unspecified atom stereocenters. The van der Waals surface area contributed by atoms with Crippen LogP contribution < -0.4 is 11.5 Å². The number of benzene rings is 2. The van der Waals surface area contributed by atoms with Crippen LogP contribution in [-0.2, 0) is 25.7 Å². The Kier molecular flexibility index (Phi) is 4.78. The van der Waals surface area contributed by atoms with Crippen molar-refractivity contribution in [1.29, 1.82) is 0 Å². The lowest BCUT2D eigenvalue weighted by atomic mass is 10.00. The normalized spacial score (nSPS) is 11.6. The molecule has 0 amide bonds. The average Bonchev–Trinajstić information content (AvgIpc) is 3.25. The molecular weight excluding hydrogens is 320 g/mol. The topological polar surface area (TPSA) is 83.6 Å². The third-order valence-corrected chi connectivity index (χ3v) is 5.19. The molecule has 0 bridgehead atoms. The molecule has 26 heavy (non-hydrogen) atoms. The molecule has 2 heterocycles. The van der Waals surface area contributed by atoms with Crippen molar-refractivity contribution in [3.8, 4) is 0 Å². The minimum Gasteiger partial charge on any atom is -0.361 e. The lowest BCUT2D eigenvalue weighted by Gasteiger charge is -2.05. The number of hydrogen-bond acceptors (Lipinski definition) is 2. The largest absolute Gasteiger partial charge is 0.361 e. The van der Waals surface area contributed by atoms with E-state index in [4.69, 9.17) is 11.5 Å². The standard InChI is InChI=1S/C22H26N4/c23-9-7-17-13-25-21-5-3-15(11-19(17)21)1-2-16-4-6-22-20(12-16)18(8-10-24)14-26-22/h3-6,11-14,25-26H,1-2,7-10,23-24H2. The highest BCUT2D eigenvalue weighted by molar-refractivity contribution is 5.84. The number of rotatable bonds is 7. The lowest BCUT2D eigenvalue weighted by molar-refractivity contribution is 0.959. The van der Waals surface area contributed by atoms with Gasteiger partial charge < -0.3 is 21.4 Å². The molecule has 0 fully saturated rings. The molecule has 0 saturated carbocycles. The molecule has 4 aromatic rings. The Hall–Kier alpha value is -2.56. The Morgan fingerprint density at radius 1 is 0.615 bits per heavy atom. The summed E-state index contributed by atoms with van der Waals surface area (Å²) in [6.07, 6.45) is 8.06. The predicted molar refractivity (Wildman–Crippen MR) is 110 cm³/mol. The summed E-state index contributed by atoms with van der Waals surface area (Å²) < 4.78 is 0. The monoisotopic (exact) mass is 346 g/mol. The van der Waals surface area contributed by atoms with Crippen LogP contribution in [0.3, 0.4) is 0 Å². The van der Waals surface area contributed by atoms with Crippen LogP contribution in [0.15, 0.2) is 48.8 Å². The summed E-state index contributed by atoms with van der Waals surface area (Å²) in [6.45, 7) is 1.36. The van der Waals surface area contributed by atoms with E-state index < -0.39 is 0 Å². The zero-order valence-electron chi connectivity index (χ0n) is 15.0. The van der Waals surface area contributed by atoms with E-state index in [9.17, 15) is 0 Å². The molecule has 4 nitrogen and oxygen atoms in total. The van der Waals surface area contributed by atoms with Gasteiger partial charge in [-0.3, -0.25) is 0 Å². The van der Waals surface area contributed by atoms with Gasteiger partial charge in [-0.2, -0.15) is 0 Å². The van der Waals surface area contributed by atoms with Crippen molar-refractivity contribution in [2.45, 2.75) is 25.7 Å². The van der Waals surface area contributed by atoms with Gasteiger partial charge in [-0.25, -0.2) is 0 Å². The lowest BCUT2D eigenvalue weighted by Crippen LogP contribution is -2.02. The van der Waals surface area contributed by atoms with Gasteiger partial charge in [0.1, 0.15) is 0 Å². The summed E-state index contributed by atoms with van der Waals surface area (Å²) >= 11 is 0. The minimum absolute atomic E-state index is 0.680. The highest BCUT2D eigenvalue weighted by Gasteiger charge is 2.07. The zero-order valence-corrected chi connectivity index (χ0v) is 15.0. The number of aromatic amines is 2. The third kappa shape index (κ3) is 3.26. The quantitative estimate of drug-likeness (QED) is 0.413. The van der Waals surface area contributed by atoms with Crippen molar-refractivity contribution in [3.63, 3.8) is 0 Å².